The standard InChI is InChI=1S/C19H36N4O3/c1-5-15(2)22-18(21-13-17(24)23(3)4)20-12-16-14-25-19(26-16)10-8-6-7-9-11-19/h15-16H,5-14H2,1-4H3,(H2,20,21,22). The van der Waals surface area contributed by atoms with Gasteiger partial charge < -0.3 is 25.0 Å². The quantitative estimate of drug-likeness (QED) is 0.553. The Morgan fingerprint density at radius 2 is 1.96 bits per heavy atom. The lowest BCUT2D eigenvalue weighted by molar-refractivity contribution is -0.175. The summed E-state index contributed by atoms with van der Waals surface area (Å²) < 4.78 is 12.3. The van der Waals surface area contributed by atoms with E-state index in [4.69, 9.17) is 9.47 Å². The van der Waals surface area contributed by atoms with Crippen LogP contribution in [-0.4, -0.2) is 68.5 Å². The van der Waals surface area contributed by atoms with E-state index in [1.807, 2.05) is 0 Å². The molecule has 150 valence electrons. The van der Waals surface area contributed by atoms with Crippen LogP contribution in [0.25, 0.3) is 0 Å². The number of likely N-dealkylation sites (N-methyl/N-ethyl adjacent to an activating group) is 1. The average molecular weight is 369 g/mol. The molecule has 1 aliphatic carbocycles. The van der Waals surface area contributed by atoms with Gasteiger partial charge >= 0.3 is 0 Å². The maximum absolute atomic E-state index is 11.8. The SMILES string of the molecule is CCC(C)NC(=NCC(=O)N(C)C)NCC1COC2(CCCCCC2)O1. The Kier molecular flexibility index (Phi) is 8.15. The molecule has 2 rings (SSSR count). The third-order valence-corrected chi connectivity index (χ3v) is 5.14. The van der Waals surface area contributed by atoms with Crippen LogP contribution in [0.4, 0.5) is 0 Å². The van der Waals surface area contributed by atoms with Gasteiger partial charge in [-0.1, -0.05) is 19.8 Å². The fourth-order valence-corrected chi connectivity index (χ4v) is 3.23. The summed E-state index contributed by atoms with van der Waals surface area (Å²) in [4.78, 5) is 17.8. The maximum atomic E-state index is 11.8. The predicted octanol–water partition coefficient (Wildman–Crippen LogP) is 1.87. The van der Waals surface area contributed by atoms with Crippen LogP contribution in [0.3, 0.4) is 0 Å². The van der Waals surface area contributed by atoms with Crippen LogP contribution < -0.4 is 10.6 Å². The fourth-order valence-electron chi connectivity index (χ4n) is 3.23. The van der Waals surface area contributed by atoms with E-state index in [0.717, 1.165) is 19.3 Å². The van der Waals surface area contributed by atoms with Crippen LogP contribution in [-0.2, 0) is 14.3 Å². The number of ether oxygens (including phenoxy) is 2. The zero-order chi connectivity index (χ0) is 19.0. The van der Waals surface area contributed by atoms with Gasteiger partial charge in [0.05, 0.1) is 6.61 Å². The molecule has 0 aromatic heterocycles. The highest BCUT2D eigenvalue weighted by atomic mass is 16.7. The second-order valence-electron chi connectivity index (χ2n) is 7.66. The zero-order valence-corrected chi connectivity index (χ0v) is 16.8. The highest BCUT2D eigenvalue weighted by molar-refractivity contribution is 5.84. The van der Waals surface area contributed by atoms with Crippen molar-refractivity contribution in [3.05, 3.63) is 0 Å². The first kappa shape index (κ1) is 21.0. The number of nitrogens with one attached hydrogen (secondary N) is 2. The van der Waals surface area contributed by atoms with Crippen molar-refractivity contribution in [3.63, 3.8) is 0 Å². The topological polar surface area (TPSA) is 75.2 Å². The Bertz CT molecular complexity index is 473. The van der Waals surface area contributed by atoms with Crippen molar-refractivity contribution in [2.45, 2.75) is 76.7 Å². The number of nitrogens with zero attached hydrogens (tertiary/aromatic N) is 2. The Labute approximate surface area is 157 Å². The van der Waals surface area contributed by atoms with Crippen LogP contribution >= 0.6 is 0 Å². The van der Waals surface area contributed by atoms with Crippen molar-refractivity contribution in [1.82, 2.24) is 15.5 Å². The van der Waals surface area contributed by atoms with Crippen molar-refractivity contribution >= 4 is 11.9 Å². The van der Waals surface area contributed by atoms with E-state index in [2.05, 4.69) is 29.5 Å². The molecule has 2 aliphatic rings. The van der Waals surface area contributed by atoms with Gasteiger partial charge in [0.25, 0.3) is 0 Å². The highest BCUT2D eigenvalue weighted by Crippen LogP contribution is 2.36. The minimum Gasteiger partial charge on any atom is -0.354 e. The second kappa shape index (κ2) is 10.1. The van der Waals surface area contributed by atoms with Gasteiger partial charge in [-0.3, -0.25) is 4.79 Å². The minimum absolute atomic E-state index is 0.0154. The number of carbonyl (C=O) groups is 1. The molecular formula is C19H36N4O3. The summed E-state index contributed by atoms with van der Waals surface area (Å²) in [6, 6.07) is 0.282. The molecule has 1 saturated carbocycles. The third-order valence-electron chi connectivity index (χ3n) is 5.14. The Morgan fingerprint density at radius 3 is 2.58 bits per heavy atom. The van der Waals surface area contributed by atoms with Gasteiger partial charge in [0.2, 0.25) is 5.91 Å². The van der Waals surface area contributed by atoms with E-state index in [1.54, 1.807) is 19.0 Å². The van der Waals surface area contributed by atoms with Crippen molar-refractivity contribution in [3.8, 4) is 0 Å². The summed E-state index contributed by atoms with van der Waals surface area (Å²) in [5.41, 5.74) is 0. The first-order chi connectivity index (χ1) is 12.4. The summed E-state index contributed by atoms with van der Waals surface area (Å²) in [6.45, 7) is 5.58. The lowest BCUT2D eigenvalue weighted by atomic mass is 10.1. The van der Waals surface area contributed by atoms with Gasteiger partial charge in [-0.15, -0.1) is 0 Å². The molecule has 1 saturated heterocycles. The highest BCUT2D eigenvalue weighted by Gasteiger charge is 2.41. The Hall–Kier alpha value is -1.34. The molecular weight excluding hydrogens is 332 g/mol. The summed E-state index contributed by atoms with van der Waals surface area (Å²) in [5, 5.41) is 6.66. The first-order valence-electron chi connectivity index (χ1n) is 10.0. The molecule has 2 unspecified atom stereocenters. The number of rotatable bonds is 6. The summed E-state index contributed by atoms with van der Waals surface area (Å²) in [7, 11) is 3.48. The monoisotopic (exact) mass is 368 g/mol. The molecule has 1 spiro atoms. The van der Waals surface area contributed by atoms with E-state index in [1.165, 1.54) is 25.7 Å². The molecule has 0 bridgehead atoms. The van der Waals surface area contributed by atoms with Crippen LogP contribution in [0.15, 0.2) is 4.99 Å². The van der Waals surface area contributed by atoms with E-state index >= 15 is 0 Å². The average Bonchev–Trinajstić information content (AvgIpc) is 2.87. The number of guanidine groups is 1. The third kappa shape index (κ3) is 6.43. The smallest absolute Gasteiger partial charge is 0.243 e. The maximum Gasteiger partial charge on any atom is 0.243 e. The largest absolute Gasteiger partial charge is 0.354 e. The van der Waals surface area contributed by atoms with E-state index in [0.29, 0.717) is 19.1 Å². The Balaban J connectivity index is 1.87. The van der Waals surface area contributed by atoms with Gasteiger partial charge in [-0.05, 0) is 26.2 Å². The van der Waals surface area contributed by atoms with Crippen molar-refractivity contribution in [2.24, 2.45) is 4.99 Å². The van der Waals surface area contributed by atoms with Crippen LogP contribution in [0.1, 0.15) is 58.8 Å². The first-order valence-corrected chi connectivity index (χ1v) is 10.0. The molecule has 0 aromatic carbocycles. The number of aliphatic imine (C=N–C) groups is 1. The van der Waals surface area contributed by atoms with E-state index in [-0.39, 0.29) is 30.4 Å². The van der Waals surface area contributed by atoms with Gasteiger partial charge in [0, 0.05) is 39.5 Å². The summed E-state index contributed by atoms with van der Waals surface area (Å²) >= 11 is 0. The number of hydrogen-bond donors (Lipinski definition) is 2. The summed E-state index contributed by atoms with van der Waals surface area (Å²) in [6.07, 6.45) is 7.87. The van der Waals surface area contributed by atoms with Gasteiger partial charge in [-0.25, -0.2) is 4.99 Å². The van der Waals surface area contributed by atoms with Crippen LogP contribution in [0.5, 0.6) is 0 Å². The minimum atomic E-state index is -0.370. The molecule has 7 heteroatoms. The van der Waals surface area contributed by atoms with Gasteiger partial charge in [0.15, 0.2) is 11.7 Å². The molecule has 1 heterocycles. The molecule has 2 atom stereocenters. The fraction of sp³-hybridized carbons (Fsp3) is 0.895. The molecule has 0 aromatic rings. The molecule has 1 amide bonds. The molecule has 1 aliphatic heterocycles. The van der Waals surface area contributed by atoms with E-state index in [9.17, 15) is 4.79 Å². The number of carbonyl (C=O) groups excluding carboxylic acids is 1. The molecule has 0 radical (unpaired) electrons. The number of amides is 1. The molecule has 7 nitrogen and oxygen atoms in total. The Morgan fingerprint density at radius 1 is 1.27 bits per heavy atom. The number of hydrogen-bond acceptors (Lipinski definition) is 4. The van der Waals surface area contributed by atoms with Crippen molar-refractivity contribution in [1.29, 1.82) is 0 Å². The molecule has 26 heavy (non-hydrogen) atoms. The van der Waals surface area contributed by atoms with Gasteiger partial charge in [-0.2, -0.15) is 0 Å². The predicted molar refractivity (Wildman–Crippen MR) is 103 cm³/mol. The van der Waals surface area contributed by atoms with Crippen molar-refractivity contribution < 1.29 is 14.3 Å². The van der Waals surface area contributed by atoms with E-state index < -0.39 is 0 Å². The second-order valence-corrected chi connectivity index (χ2v) is 7.66. The zero-order valence-electron chi connectivity index (χ0n) is 16.8. The molecule has 2 fully saturated rings. The molecule has 2 N–H and O–H groups in total. The van der Waals surface area contributed by atoms with Crippen molar-refractivity contribution in [2.75, 3.05) is 33.8 Å². The lowest BCUT2D eigenvalue weighted by Gasteiger charge is -2.26. The normalized spacial score (nSPS) is 24.2. The summed E-state index contributed by atoms with van der Waals surface area (Å²) in [5.74, 6) is 0.263. The van der Waals surface area contributed by atoms with Crippen LogP contribution in [0.2, 0.25) is 0 Å². The lowest BCUT2D eigenvalue weighted by Crippen LogP contribution is -2.46. The van der Waals surface area contributed by atoms with Crippen LogP contribution in [0, 0.1) is 0 Å². The van der Waals surface area contributed by atoms with Gasteiger partial charge in [0.1, 0.15) is 12.6 Å².